The van der Waals surface area contributed by atoms with Crippen LogP contribution >= 0.6 is 11.6 Å². The summed E-state index contributed by atoms with van der Waals surface area (Å²) in [5.74, 6) is -0.0154. The van der Waals surface area contributed by atoms with E-state index in [1.807, 2.05) is 13.0 Å². The second-order valence-corrected chi connectivity index (χ2v) is 4.51. The number of halogens is 1. The fourth-order valence-electron chi connectivity index (χ4n) is 1.62. The van der Waals surface area contributed by atoms with Gasteiger partial charge in [0.2, 0.25) is 5.88 Å². The maximum absolute atomic E-state index is 11.5. The molecular formula is C14H13ClN2O3. The van der Waals surface area contributed by atoms with Crippen molar-refractivity contribution in [3.63, 3.8) is 0 Å². The third-order valence-electron chi connectivity index (χ3n) is 2.65. The molecule has 0 atom stereocenters. The van der Waals surface area contributed by atoms with E-state index in [0.717, 1.165) is 5.56 Å². The number of carbonyl (C=O) groups is 1. The Labute approximate surface area is 121 Å². The van der Waals surface area contributed by atoms with E-state index in [-0.39, 0.29) is 17.1 Å². The molecule has 1 heterocycles. The van der Waals surface area contributed by atoms with Gasteiger partial charge in [-0.1, -0.05) is 17.7 Å². The highest BCUT2D eigenvalue weighted by atomic mass is 35.5. The van der Waals surface area contributed by atoms with E-state index in [1.54, 1.807) is 12.1 Å². The number of aromatic nitrogens is 1. The standard InChI is InChI=1S/C14H13ClN2O3/c1-8-3-4-10(15)11(7-8)20-13-12(16)9(5-6-17-13)14(18)19-2/h3-7H,16H2,1-2H3. The number of aryl methyl sites for hydroxylation is 1. The molecule has 0 saturated carbocycles. The lowest BCUT2D eigenvalue weighted by Gasteiger charge is -2.11. The lowest BCUT2D eigenvalue weighted by atomic mass is 10.2. The first-order valence-corrected chi connectivity index (χ1v) is 6.17. The van der Waals surface area contributed by atoms with Gasteiger partial charge in [0.1, 0.15) is 11.4 Å². The van der Waals surface area contributed by atoms with Gasteiger partial charge in [0, 0.05) is 6.20 Å². The predicted octanol–water partition coefficient (Wildman–Crippen LogP) is 3.20. The molecule has 0 fully saturated rings. The topological polar surface area (TPSA) is 74.4 Å². The number of anilines is 1. The van der Waals surface area contributed by atoms with Crippen molar-refractivity contribution in [3.8, 4) is 11.6 Å². The van der Waals surface area contributed by atoms with Gasteiger partial charge in [0.05, 0.1) is 17.7 Å². The van der Waals surface area contributed by atoms with Crippen LogP contribution in [0.2, 0.25) is 5.02 Å². The molecule has 2 aromatic rings. The van der Waals surface area contributed by atoms with Crippen LogP contribution in [0.1, 0.15) is 15.9 Å². The van der Waals surface area contributed by atoms with Gasteiger partial charge in [0.15, 0.2) is 0 Å². The molecule has 0 aliphatic carbocycles. The van der Waals surface area contributed by atoms with Crippen LogP contribution in [0.4, 0.5) is 5.69 Å². The summed E-state index contributed by atoms with van der Waals surface area (Å²) < 4.78 is 10.2. The Morgan fingerprint density at radius 1 is 1.35 bits per heavy atom. The number of nitrogens with two attached hydrogens (primary N) is 1. The molecule has 1 aromatic carbocycles. The number of nitrogens with zero attached hydrogens (tertiary/aromatic N) is 1. The smallest absolute Gasteiger partial charge is 0.340 e. The predicted molar refractivity (Wildman–Crippen MR) is 76.3 cm³/mol. The fourth-order valence-corrected chi connectivity index (χ4v) is 1.77. The van der Waals surface area contributed by atoms with Crippen molar-refractivity contribution < 1.29 is 14.3 Å². The monoisotopic (exact) mass is 292 g/mol. The Kier molecular flexibility index (Phi) is 4.10. The number of hydrogen-bond acceptors (Lipinski definition) is 5. The summed E-state index contributed by atoms with van der Waals surface area (Å²) in [6.07, 6.45) is 1.42. The van der Waals surface area contributed by atoms with Crippen LogP contribution in [0.5, 0.6) is 11.6 Å². The summed E-state index contributed by atoms with van der Waals surface area (Å²) in [6, 6.07) is 6.80. The molecule has 2 rings (SSSR count). The molecule has 0 radical (unpaired) electrons. The van der Waals surface area contributed by atoms with E-state index < -0.39 is 5.97 Å². The Morgan fingerprint density at radius 3 is 2.80 bits per heavy atom. The fraction of sp³-hybridized carbons (Fsp3) is 0.143. The normalized spacial score (nSPS) is 10.2. The number of methoxy groups -OCH3 is 1. The molecule has 20 heavy (non-hydrogen) atoms. The van der Waals surface area contributed by atoms with Crippen molar-refractivity contribution in [1.82, 2.24) is 4.98 Å². The minimum absolute atomic E-state index is 0.108. The molecule has 5 nitrogen and oxygen atoms in total. The third-order valence-corrected chi connectivity index (χ3v) is 2.96. The molecule has 2 N–H and O–H groups in total. The van der Waals surface area contributed by atoms with Gasteiger partial charge in [-0.15, -0.1) is 0 Å². The first kappa shape index (κ1) is 14.1. The zero-order valence-corrected chi connectivity index (χ0v) is 11.8. The van der Waals surface area contributed by atoms with Gasteiger partial charge in [-0.2, -0.15) is 0 Å². The molecular weight excluding hydrogens is 280 g/mol. The van der Waals surface area contributed by atoms with Crippen molar-refractivity contribution in [2.45, 2.75) is 6.92 Å². The Balaban J connectivity index is 2.39. The molecule has 6 heteroatoms. The van der Waals surface area contributed by atoms with Crippen molar-refractivity contribution >= 4 is 23.3 Å². The zero-order chi connectivity index (χ0) is 14.7. The summed E-state index contributed by atoms with van der Waals surface area (Å²) in [5.41, 5.74) is 7.15. The van der Waals surface area contributed by atoms with E-state index in [0.29, 0.717) is 10.8 Å². The largest absolute Gasteiger partial charge is 0.465 e. The van der Waals surface area contributed by atoms with Crippen LogP contribution < -0.4 is 10.5 Å². The van der Waals surface area contributed by atoms with Gasteiger partial charge in [-0.3, -0.25) is 0 Å². The van der Waals surface area contributed by atoms with E-state index in [9.17, 15) is 4.79 Å². The molecule has 0 spiro atoms. The van der Waals surface area contributed by atoms with Crippen molar-refractivity contribution in [2.75, 3.05) is 12.8 Å². The SMILES string of the molecule is COC(=O)c1ccnc(Oc2cc(C)ccc2Cl)c1N. The van der Waals surface area contributed by atoms with E-state index in [2.05, 4.69) is 9.72 Å². The quantitative estimate of drug-likeness (QED) is 0.879. The average molecular weight is 293 g/mol. The minimum Gasteiger partial charge on any atom is -0.465 e. The van der Waals surface area contributed by atoms with Crippen LogP contribution in [0.15, 0.2) is 30.5 Å². The Hall–Kier alpha value is -2.27. The molecule has 0 saturated heterocycles. The molecule has 0 amide bonds. The summed E-state index contributed by atoms with van der Waals surface area (Å²) in [6.45, 7) is 1.91. The lowest BCUT2D eigenvalue weighted by molar-refractivity contribution is 0.0601. The Morgan fingerprint density at radius 2 is 2.10 bits per heavy atom. The minimum atomic E-state index is -0.551. The highest BCUT2D eigenvalue weighted by molar-refractivity contribution is 6.32. The molecule has 0 aliphatic rings. The maximum atomic E-state index is 11.5. The van der Waals surface area contributed by atoms with Gasteiger partial charge >= 0.3 is 5.97 Å². The number of ether oxygens (including phenoxy) is 2. The molecule has 0 aliphatic heterocycles. The van der Waals surface area contributed by atoms with Gasteiger partial charge in [-0.05, 0) is 30.7 Å². The zero-order valence-electron chi connectivity index (χ0n) is 11.0. The highest BCUT2D eigenvalue weighted by Crippen LogP contribution is 2.33. The summed E-state index contributed by atoms with van der Waals surface area (Å²) in [5, 5.41) is 0.431. The maximum Gasteiger partial charge on any atom is 0.340 e. The third kappa shape index (κ3) is 2.83. The number of nitrogen functional groups attached to an aromatic ring is 1. The van der Waals surface area contributed by atoms with Crippen LogP contribution in [-0.2, 0) is 4.74 Å². The first-order chi connectivity index (χ1) is 9.52. The number of pyridine rings is 1. The second kappa shape index (κ2) is 5.79. The van der Waals surface area contributed by atoms with Gasteiger partial charge < -0.3 is 15.2 Å². The van der Waals surface area contributed by atoms with E-state index in [1.165, 1.54) is 19.4 Å². The number of benzene rings is 1. The van der Waals surface area contributed by atoms with Crippen molar-refractivity contribution in [3.05, 3.63) is 46.6 Å². The van der Waals surface area contributed by atoms with Gasteiger partial charge in [0.25, 0.3) is 0 Å². The number of esters is 1. The summed E-state index contributed by atoms with van der Waals surface area (Å²) in [4.78, 5) is 15.6. The lowest BCUT2D eigenvalue weighted by Crippen LogP contribution is -2.07. The molecule has 0 bridgehead atoms. The number of rotatable bonds is 3. The average Bonchev–Trinajstić information content (AvgIpc) is 2.44. The van der Waals surface area contributed by atoms with E-state index >= 15 is 0 Å². The molecule has 0 unspecified atom stereocenters. The van der Waals surface area contributed by atoms with Crippen LogP contribution in [0.25, 0.3) is 0 Å². The van der Waals surface area contributed by atoms with Crippen LogP contribution in [0, 0.1) is 6.92 Å². The van der Waals surface area contributed by atoms with Crippen LogP contribution in [-0.4, -0.2) is 18.1 Å². The highest BCUT2D eigenvalue weighted by Gasteiger charge is 2.16. The number of carbonyl (C=O) groups excluding carboxylic acids is 1. The Bertz CT molecular complexity index is 659. The molecule has 104 valence electrons. The van der Waals surface area contributed by atoms with Crippen molar-refractivity contribution in [2.24, 2.45) is 0 Å². The van der Waals surface area contributed by atoms with E-state index in [4.69, 9.17) is 22.1 Å². The number of hydrogen-bond donors (Lipinski definition) is 1. The summed E-state index contributed by atoms with van der Waals surface area (Å²) in [7, 11) is 1.28. The summed E-state index contributed by atoms with van der Waals surface area (Å²) >= 11 is 6.04. The van der Waals surface area contributed by atoms with Crippen molar-refractivity contribution in [1.29, 1.82) is 0 Å². The first-order valence-electron chi connectivity index (χ1n) is 5.79. The second-order valence-electron chi connectivity index (χ2n) is 4.10. The van der Waals surface area contributed by atoms with Gasteiger partial charge in [-0.25, -0.2) is 9.78 Å². The van der Waals surface area contributed by atoms with Crippen LogP contribution in [0.3, 0.4) is 0 Å². The molecule has 1 aromatic heterocycles.